The summed E-state index contributed by atoms with van der Waals surface area (Å²) in [7, 11) is 3.01. The zero-order chi connectivity index (χ0) is 28.1. The maximum absolute atomic E-state index is 13.6. The monoisotopic (exact) mass is 549 g/mol. The number of thioether (sulfide) groups is 1. The van der Waals surface area contributed by atoms with Crippen molar-refractivity contribution in [3.8, 4) is 11.5 Å². The molecule has 1 aliphatic heterocycles. The van der Waals surface area contributed by atoms with E-state index in [0.717, 1.165) is 16.7 Å². The summed E-state index contributed by atoms with van der Waals surface area (Å²) >= 11 is 1.10. The van der Waals surface area contributed by atoms with Crippen molar-refractivity contribution in [1.29, 1.82) is 0 Å². The Hall–Kier alpha value is -4.31. The standard InChI is InChI=1S/C29H28FN3O5S/c1-17(2)15-25(34)31-19-7-12-22(13-8-19)39-27-26(32-23-14-11-21(37-3)16-24(23)38-4)28(35)33(29(27)36)20-9-5-18(30)6-10-20/h5-14,16-17,32H,15H2,1-4H3,(H,31,34). The quantitative estimate of drug-likeness (QED) is 0.308. The van der Waals surface area contributed by atoms with Gasteiger partial charge in [0.05, 0.1) is 25.6 Å². The van der Waals surface area contributed by atoms with Gasteiger partial charge in [-0.2, -0.15) is 0 Å². The molecule has 3 aromatic rings. The number of hydrogen-bond donors (Lipinski definition) is 2. The number of ether oxygens (including phenoxy) is 2. The van der Waals surface area contributed by atoms with Crippen LogP contribution in [0.2, 0.25) is 0 Å². The minimum absolute atomic E-state index is 0.0482. The van der Waals surface area contributed by atoms with Gasteiger partial charge in [-0.3, -0.25) is 14.4 Å². The summed E-state index contributed by atoms with van der Waals surface area (Å²) < 4.78 is 24.2. The highest BCUT2D eigenvalue weighted by Gasteiger charge is 2.40. The molecule has 8 nitrogen and oxygen atoms in total. The molecule has 1 aliphatic rings. The smallest absolute Gasteiger partial charge is 0.283 e. The molecule has 0 bridgehead atoms. The topological polar surface area (TPSA) is 97.0 Å². The third-order valence-electron chi connectivity index (χ3n) is 5.75. The minimum atomic E-state index is -0.593. The molecule has 0 unspecified atom stereocenters. The van der Waals surface area contributed by atoms with Gasteiger partial charge in [0.25, 0.3) is 11.8 Å². The van der Waals surface area contributed by atoms with Crippen LogP contribution in [0, 0.1) is 11.7 Å². The number of carbonyl (C=O) groups is 3. The fraction of sp³-hybridized carbons (Fsp3) is 0.207. The molecule has 4 rings (SSSR count). The van der Waals surface area contributed by atoms with Crippen molar-refractivity contribution in [3.63, 3.8) is 0 Å². The number of benzene rings is 3. The molecular weight excluding hydrogens is 521 g/mol. The zero-order valence-corrected chi connectivity index (χ0v) is 22.7. The van der Waals surface area contributed by atoms with Crippen molar-refractivity contribution in [1.82, 2.24) is 0 Å². The first kappa shape index (κ1) is 27.7. The SMILES string of the molecule is COc1ccc(NC2=C(Sc3ccc(NC(=O)CC(C)C)cc3)C(=O)N(c3ccc(F)cc3)C2=O)c(OC)c1. The van der Waals surface area contributed by atoms with E-state index in [1.807, 2.05) is 13.8 Å². The molecule has 3 aromatic carbocycles. The molecular formula is C29H28FN3O5S. The molecule has 2 N–H and O–H groups in total. The number of imide groups is 1. The third-order valence-corrected chi connectivity index (χ3v) is 6.84. The minimum Gasteiger partial charge on any atom is -0.497 e. The van der Waals surface area contributed by atoms with Crippen LogP contribution in [0.15, 0.2) is 82.2 Å². The molecule has 0 atom stereocenters. The molecule has 0 radical (unpaired) electrons. The molecule has 0 saturated heterocycles. The summed E-state index contributed by atoms with van der Waals surface area (Å²) in [5.41, 5.74) is 1.37. The van der Waals surface area contributed by atoms with Crippen LogP contribution in [0.3, 0.4) is 0 Å². The molecule has 39 heavy (non-hydrogen) atoms. The number of nitrogens with zero attached hydrogens (tertiary/aromatic N) is 1. The van der Waals surface area contributed by atoms with Gasteiger partial charge in [0.1, 0.15) is 27.9 Å². The molecule has 0 fully saturated rings. The van der Waals surface area contributed by atoms with Gasteiger partial charge in [0.15, 0.2) is 0 Å². The van der Waals surface area contributed by atoms with E-state index in [1.165, 1.54) is 38.5 Å². The predicted octanol–water partition coefficient (Wildman–Crippen LogP) is 5.82. The van der Waals surface area contributed by atoms with E-state index in [2.05, 4.69) is 10.6 Å². The van der Waals surface area contributed by atoms with Crippen molar-refractivity contribution in [2.45, 2.75) is 25.2 Å². The van der Waals surface area contributed by atoms with E-state index < -0.39 is 17.6 Å². The van der Waals surface area contributed by atoms with Crippen molar-refractivity contribution in [2.75, 3.05) is 29.8 Å². The maximum Gasteiger partial charge on any atom is 0.283 e. The highest BCUT2D eigenvalue weighted by molar-refractivity contribution is 8.04. The number of anilines is 3. The van der Waals surface area contributed by atoms with Crippen LogP contribution in [0.25, 0.3) is 0 Å². The Morgan fingerprint density at radius 1 is 0.949 bits per heavy atom. The molecule has 3 amide bonds. The van der Waals surface area contributed by atoms with E-state index in [4.69, 9.17) is 9.47 Å². The van der Waals surface area contributed by atoms with E-state index in [9.17, 15) is 18.8 Å². The van der Waals surface area contributed by atoms with E-state index in [0.29, 0.717) is 34.2 Å². The van der Waals surface area contributed by atoms with Gasteiger partial charge in [0, 0.05) is 23.1 Å². The fourth-order valence-corrected chi connectivity index (χ4v) is 4.81. The number of carbonyl (C=O) groups excluding carboxylic acids is 3. The van der Waals surface area contributed by atoms with Crippen LogP contribution < -0.4 is 25.0 Å². The lowest BCUT2D eigenvalue weighted by molar-refractivity contribution is -0.120. The van der Waals surface area contributed by atoms with Gasteiger partial charge in [-0.1, -0.05) is 25.6 Å². The van der Waals surface area contributed by atoms with E-state index >= 15 is 0 Å². The van der Waals surface area contributed by atoms with Gasteiger partial charge < -0.3 is 20.1 Å². The number of nitrogens with one attached hydrogen (secondary N) is 2. The molecule has 10 heteroatoms. The Kier molecular flexibility index (Phi) is 8.55. The number of halogens is 1. The molecule has 0 saturated carbocycles. The third kappa shape index (κ3) is 6.40. The van der Waals surface area contributed by atoms with Gasteiger partial charge in [0.2, 0.25) is 5.91 Å². The highest BCUT2D eigenvalue weighted by Crippen LogP contribution is 2.40. The Labute approximate surface area is 230 Å². The Balaban J connectivity index is 1.66. The predicted molar refractivity (Wildman–Crippen MR) is 149 cm³/mol. The second-order valence-corrected chi connectivity index (χ2v) is 10.2. The second kappa shape index (κ2) is 12.0. The molecule has 0 aromatic heterocycles. The zero-order valence-electron chi connectivity index (χ0n) is 21.9. The summed E-state index contributed by atoms with van der Waals surface area (Å²) in [5.74, 6) is -0.513. The van der Waals surface area contributed by atoms with Gasteiger partial charge in [-0.25, -0.2) is 9.29 Å². The summed E-state index contributed by atoms with van der Waals surface area (Å²) in [6, 6.07) is 17.1. The summed E-state index contributed by atoms with van der Waals surface area (Å²) in [6.07, 6.45) is 0.406. The van der Waals surface area contributed by atoms with Crippen LogP contribution in [-0.2, 0) is 14.4 Å². The van der Waals surface area contributed by atoms with Crippen molar-refractivity contribution in [3.05, 3.63) is 83.1 Å². The van der Waals surface area contributed by atoms with E-state index in [1.54, 1.807) is 42.5 Å². The normalized spacial score (nSPS) is 13.2. The first-order valence-corrected chi connectivity index (χ1v) is 13.0. The van der Waals surface area contributed by atoms with Gasteiger partial charge in [-0.15, -0.1) is 0 Å². The summed E-state index contributed by atoms with van der Waals surface area (Å²) in [4.78, 5) is 41.1. The average Bonchev–Trinajstić information content (AvgIpc) is 3.14. The number of rotatable bonds is 10. The first-order valence-electron chi connectivity index (χ1n) is 12.2. The fourth-order valence-electron chi connectivity index (χ4n) is 3.88. The number of hydrogen-bond acceptors (Lipinski definition) is 7. The van der Waals surface area contributed by atoms with Crippen molar-refractivity contribution in [2.24, 2.45) is 5.92 Å². The largest absolute Gasteiger partial charge is 0.497 e. The van der Waals surface area contributed by atoms with Crippen LogP contribution in [0.5, 0.6) is 11.5 Å². The van der Waals surface area contributed by atoms with E-state index in [-0.39, 0.29) is 28.1 Å². The lowest BCUT2D eigenvalue weighted by atomic mass is 10.1. The lowest BCUT2D eigenvalue weighted by Gasteiger charge is -2.16. The first-order chi connectivity index (χ1) is 18.7. The highest BCUT2D eigenvalue weighted by atomic mass is 32.2. The van der Waals surface area contributed by atoms with Crippen molar-refractivity contribution >= 4 is 46.5 Å². The number of methoxy groups -OCH3 is 2. The van der Waals surface area contributed by atoms with Gasteiger partial charge in [-0.05, 0) is 66.6 Å². The number of amides is 3. The van der Waals surface area contributed by atoms with Crippen LogP contribution in [0.1, 0.15) is 20.3 Å². The van der Waals surface area contributed by atoms with Crippen LogP contribution in [0.4, 0.5) is 21.5 Å². The Morgan fingerprint density at radius 2 is 1.64 bits per heavy atom. The molecule has 202 valence electrons. The second-order valence-electron chi connectivity index (χ2n) is 9.09. The molecule has 0 aliphatic carbocycles. The molecule has 0 spiro atoms. The van der Waals surface area contributed by atoms with Crippen LogP contribution >= 0.6 is 11.8 Å². The Bertz CT molecular complexity index is 1420. The summed E-state index contributed by atoms with van der Waals surface area (Å²) in [5, 5.41) is 5.91. The van der Waals surface area contributed by atoms with Crippen molar-refractivity contribution < 1.29 is 28.2 Å². The van der Waals surface area contributed by atoms with Crippen LogP contribution in [-0.4, -0.2) is 31.9 Å². The summed E-state index contributed by atoms with van der Waals surface area (Å²) in [6.45, 7) is 3.94. The molecule has 1 heterocycles. The lowest BCUT2D eigenvalue weighted by Crippen LogP contribution is -2.32. The van der Waals surface area contributed by atoms with Gasteiger partial charge >= 0.3 is 0 Å². The average molecular weight is 550 g/mol. The Morgan fingerprint density at radius 3 is 2.26 bits per heavy atom. The maximum atomic E-state index is 13.6.